The molecule has 7 nitrogen and oxygen atoms in total. The van der Waals surface area contributed by atoms with Crippen LogP contribution in [0, 0.1) is 6.92 Å². The number of hydrogen-bond acceptors (Lipinski definition) is 6. The molecule has 2 heterocycles. The summed E-state index contributed by atoms with van der Waals surface area (Å²) < 4.78 is 0. The van der Waals surface area contributed by atoms with E-state index in [2.05, 4.69) is 24.0 Å². The molecule has 5 aromatic carbocycles. The van der Waals surface area contributed by atoms with Crippen molar-refractivity contribution in [3.05, 3.63) is 64.2 Å². The Balaban J connectivity index is 1.58. The first-order chi connectivity index (χ1) is 22.2. The summed E-state index contributed by atoms with van der Waals surface area (Å²) in [5, 5.41) is 8.50. The van der Waals surface area contributed by atoms with E-state index in [1.165, 1.54) is 9.80 Å². The summed E-state index contributed by atoms with van der Waals surface area (Å²) >= 11 is 5.08. The lowest BCUT2D eigenvalue weighted by atomic mass is 9.80. The van der Waals surface area contributed by atoms with Crippen molar-refractivity contribution in [3.63, 3.8) is 0 Å². The van der Waals surface area contributed by atoms with Gasteiger partial charge in [0.15, 0.2) is 0 Å². The zero-order valence-electron chi connectivity index (χ0n) is 26.7. The summed E-state index contributed by atoms with van der Waals surface area (Å²) in [5.41, 5.74) is 3.23. The number of thiocarbonyl (C=S) groups is 1. The number of unbranched alkanes of at least 4 members (excludes halogenated alkanes) is 2. The van der Waals surface area contributed by atoms with Crippen molar-refractivity contribution in [1.82, 2.24) is 9.80 Å². The van der Waals surface area contributed by atoms with E-state index in [4.69, 9.17) is 12.2 Å². The van der Waals surface area contributed by atoms with Gasteiger partial charge in [-0.3, -0.25) is 29.0 Å². The monoisotopic (exact) mass is 629 g/mol. The van der Waals surface area contributed by atoms with Gasteiger partial charge in [-0.15, -0.1) is 0 Å². The summed E-state index contributed by atoms with van der Waals surface area (Å²) in [6.07, 6.45) is 5.24. The first-order valence-electron chi connectivity index (χ1n) is 16.2. The summed E-state index contributed by atoms with van der Waals surface area (Å²) in [6.45, 7) is 10.0. The number of benzene rings is 5. The van der Waals surface area contributed by atoms with Crippen LogP contribution < -0.4 is 0 Å². The molecule has 0 saturated heterocycles. The second-order valence-electron chi connectivity index (χ2n) is 12.9. The molecule has 0 saturated carbocycles. The quantitative estimate of drug-likeness (QED) is 0.0534. The Hall–Kier alpha value is -4.52. The average Bonchev–Trinajstić information content (AvgIpc) is 3.04. The maximum absolute atomic E-state index is 14.1. The maximum Gasteiger partial charge on any atom is 0.261 e. The molecule has 0 bridgehead atoms. The van der Waals surface area contributed by atoms with Crippen LogP contribution in [0.2, 0.25) is 0 Å². The molecule has 232 valence electrons. The number of fused-ring (bicyclic) bond motifs is 2. The van der Waals surface area contributed by atoms with Crippen molar-refractivity contribution in [2.75, 3.05) is 0 Å². The molecule has 0 aromatic heterocycles. The fourth-order valence-electron chi connectivity index (χ4n) is 7.88. The zero-order chi connectivity index (χ0) is 32.6. The number of hydrogen-bond donors (Lipinski definition) is 0. The Bertz CT molecular complexity index is 2230. The minimum Gasteiger partial charge on any atom is -0.272 e. The fraction of sp³-hybridized carbons (Fsp3) is 0.342. The van der Waals surface area contributed by atoms with Gasteiger partial charge < -0.3 is 0 Å². The third-order valence-electron chi connectivity index (χ3n) is 10.1. The van der Waals surface area contributed by atoms with Crippen LogP contribution >= 0.6 is 12.2 Å². The highest BCUT2D eigenvalue weighted by Gasteiger charge is 2.40. The lowest BCUT2D eigenvalue weighted by Crippen LogP contribution is -2.46. The number of imide groups is 2. The van der Waals surface area contributed by atoms with Crippen molar-refractivity contribution < 1.29 is 19.2 Å². The first kappa shape index (κ1) is 30.2. The van der Waals surface area contributed by atoms with Gasteiger partial charge in [0.25, 0.3) is 23.6 Å². The van der Waals surface area contributed by atoms with Crippen LogP contribution in [0.25, 0.3) is 43.1 Å². The molecule has 5 aromatic rings. The lowest BCUT2D eigenvalue weighted by Gasteiger charge is -2.34. The van der Waals surface area contributed by atoms with E-state index in [0.717, 1.165) is 76.4 Å². The molecule has 0 spiro atoms. The minimum absolute atomic E-state index is 0.226. The van der Waals surface area contributed by atoms with Gasteiger partial charge in [0.2, 0.25) is 0 Å². The van der Waals surface area contributed by atoms with Gasteiger partial charge in [0.05, 0.1) is 16.4 Å². The summed E-state index contributed by atoms with van der Waals surface area (Å²) in [4.78, 5) is 63.4. The highest BCUT2D eigenvalue weighted by atomic mass is 32.1. The molecule has 4 amide bonds. The van der Waals surface area contributed by atoms with Gasteiger partial charge in [0.1, 0.15) is 0 Å². The topological polar surface area (TPSA) is 87.1 Å². The van der Waals surface area contributed by atoms with E-state index in [-0.39, 0.29) is 35.7 Å². The Morgan fingerprint density at radius 1 is 0.652 bits per heavy atom. The van der Waals surface area contributed by atoms with E-state index < -0.39 is 0 Å². The molecular weight excluding hydrogens is 595 g/mol. The van der Waals surface area contributed by atoms with Crippen LogP contribution in [-0.2, 0) is 0 Å². The Morgan fingerprint density at radius 2 is 1.11 bits per heavy atom. The zero-order valence-corrected chi connectivity index (χ0v) is 27.6. The Kier molecular flexibility index (Phi) is 7.26. The third kappa shape index (κ3) is 4.03. The number of isothiocyanates is 1. The lowest BCUT2D eigenvalue weighted by molar-refractivity contribution is 0.0527. The van der Waals surface area contributed by atoms with Gasteiger partial charge >= 0.3 is 0 Å². The van der Waals surface area contributed by atoms with E-state index in [1.807, 2.05) is 45.0 Å². The van der Waals surface area contributed by atoms with Crippen molar-refractivity contribution in [2.45, 2.75) is 85.2 Å². The standard InChI is InChI=1S/C38H35N3O4S/c1-6-8-10-20(4)40-35(42)24-15-13-23-32-28(39-18-46)17-27-31-25(36(43)41(38(27)45)21(5)11-9-7-2)14-12-22(34(31)32)29-19(3)16-26(37(40)44)30(24)33(23)29/h12-17,20-21H,6-11H2,1-5H3. The second kappa shape index (κ2) is 11.1. The summed E-state index contributed by atoms with van der Waals surface area (Å²) in [6, 6.07) is 10.6. The minimum atomic E-state index is -0.341. The van der Waals surface area contributed by atoms with Crippen molar-refractivity contribution in [3.8, 4) is 0 Å². The van der Waals surface area contributed by atoms with Gasteiger partial charge in [-0.2, -0.15) is 4.99 Å². The predicted molar refractivity (Wildman–Crippen MR) is 186 cm³/mol. The van der Waals surface area contributed by atoms with E-state index in [9.17, 15) is 19.2 Å². The SMILES string of the molecule is CCCCC(C)N1C(=O)c2ccc3c4c(N=C=S)cc5c6c(ccc(c7c(C)cc(c2c37)C1=O)c64)C(=O)N(C(C)CCCC)C5=O. The van der Waals surface area contributed by atoms with Gasteiger partial charge in [-0.05, 0) is 97.2 Å². The highest BCUT2D eigenvalue weighted by molar-refractivity contribution is 7.78. The molecule has 46 heavy (non-hydrogen) atoms. The van der Waals surface area contributed by atoms with Crippen LogP contribution in [0.5, 0.6) is 0 Å². The molecule has 0 N–H and O–H groups in total. The average molecular weight is 630 g/mol. The first-order valence-corrected chi connectivity index (χ1v) is 16.6. The number of carbonyl (C=O) groups excluding carboxylic acids is 4. The molecule has 8 heteroatoms. The van der Waals surface area contributed by atoms with Crippen LogP contribution in [0.3, 0.4) is 0 Å². The highest BCUT2D eigenvalue weighted by Crippen LogP contribution is 2.50. The maximum atomic E-state index is 14.1. The fourth-order valence-corrected chi connectivity index (χ4v) is 7.98. The smallest absolute Gasteiger partial charge is 0.261 e. The molecule has 2 aliphatic rings. The van der Waals surface area contributed by atoms with Gasteiger partial charge in [-0.25, -0.2) is 0 Å². The molecule has 7 rings (SSSR count). The molecule has 2 aliphatic heterocycles. The van der Waals surface area contributed by atoms with Gasteiger partial charge in [0, 0.05) is 50.3 Å². The van der Waals surface area contributed by atoms with Crippen LogP contribution in [-0.4, -0.2) is 50.7 Å². The normalized spacial score (nSPS) is 15.9. The van der Waals surface area contributed by atoms with Gasteiger partial charge in [-0.1, -0.05) is 51.7 Å². The van der Waals surface area contributed by atoms with Crippen LogP contribution in [0.4, 0.5) is 5.69 Å². The van der Waals surface area contributed by atoms with E-state index >= 15 is 0 Å². The number of nitrogens with zero attached hydrogens (tertiary/aromatic N) is 3. The predicted octanol–water partition coefficient (Wildman–Crippen LogP) is 9.13. The molecule has 0 aliphatic carbocycles. The number of aryl methyl sites for hydroxylation is 1. The molecule has 0 fully saturated rings. The summed E-state index contributed by atoms with van der Waals surface area (Å²) in [7, 11) is 0. The Labute approximate surface area is 272 Å². The Morgan fingerprint density at radius 3 is 1.61 bits per heavy atom. The van der Waals surface area contributed by atoms with Crippen LogP contribution in [0.15, 0.2) is 41.4 Å². The molecule has 2 unspecified atom stereocenters. The molecular formula is C38H35N3O4S. The second-order valence-corrected chi connectivity index (χ2v) is 13.1. The van der Waals surface area contributed by atoms with E-state index in [0.29, 0.717) is 38.7 Å². The largest absolute Gasteiger partial charge is 0.272 e. The summed E-state index contributed by atoms with van der Waals surface area (Å²) in [5.74, 6) is -1.21. The number of amides is 4. The molecule has 2 atom stereocenters. The number of rotatable bonds is 9. The van der Waals surface area contributed by atoms with Crippen LogP contribution in [0.1, 0.15) is 113 Å². The number of aliphatic imine (C=N–C) groups is 1. The van der Waals surface area contributed by atoms with Crippen molar-refractivity contribution in [1.29, 1.82) is 0 Å². The molecule has 0 radical (unpaired) electrons. The van der Waals surface area contributed by atoms with Crippen molar-refractivity contribution in [2.24, 2.45) is 4.99 Å². The third-order valence-corrected chi connectivity index (χ3v) is 10.2. The number of carbonyl (C=O) groups is 4. The van der Waals surface area contributed by atoms with Crippen molar-refractivity contribution >= 4 is 89.8 Å². The van der Waals surface area contributed by atoms with E-state index in [1.54, 1.807) is 12.1 Å².